The minimum atomic E-state index is -1.97. The van der Waals surface area contributed by atoms with Crippen molar-refractivity contribution in [3.8, 4) is 0 Å². The molecule has 0 heterocycles. The average molecular weight is 511 g/mol. The van der Waals surface area contributed by atoms with Crippen LogP contribution in [-0.2, 0) is 14.3 Å². The smallest absolute Gasteiger partial charge is 0.331 e. The maximum Gasteiger partial charge on any atom is 0.331 e. The molecule has 1 aromatic carbocycles. The molecule has 0 spiro atoms. The Balaban J connectivity index is 1.58. The Morgan fingerprint density at radius 2 is 1.76 bits per heavy atom. The fourth-order valence-electron chi connectivity index (χ4n) is 8.28. The Kier molecular flexibility index (Phi) is 6.11. The van der Waals surface area contributed by atoms with Crippen LogP contribution in [0.3, 0.4) is 0 Å². The normalized spacial score (nSPS) is 44.9. The minimum Gasteiger partial charge on any atom is -0.458 e. The maximum atomic E-state index is 13.1. The summed E-state index contributed by atoms with van der Waals surface area (Å²) in [6.45, 7) is 4.91. The summed E-state index contributed by atoms with van der Waals surface area (Å²) in [4.78, 5) is 25.9. The molecule has 0 unspecified atom stereocenters. The molecule has 8 atom stereocenters. The van der Waals surface area contributed by atoms with Crippen LogP contribution in [-0.4, -0.2) is 61.2 Å². The first-order chi connectivity index (χ1) is 17.3. The zero-order valence-corrected chi connectivity index (χ0v) is 21.8. The summed E-state index contributed by atoms with van der Waals surface area (Å²) < 4.78 is 6.00. The number of ether oxygens (including phenoxy) is 1. The number of fused-ring (bicyclic) bond motifs is 5. The number of aliphatic hydroxyl groups is 4. The van der Waals surface area contributed by atoms with Gasteiger partial charge in [-0.25, -0.2) is 4.79 Å². The zero-order chi connectivity index (χ0) is 26.9. The van der Waals surface area contributed by atoms with Crippen molar-refractivity contribution >= 4 is 17.8 Å². The molecule has 3 fully saturated rings. The molecule has 4 aliphatic rings. The van der Waals surface area contributed by atoms with E-state index in [-0.39, 0.29) is 25.7 Å². The lowest BCUT2D eigenvalue weighted by Gasteiger charge is -2.67. The third-order valence-electron chi connectivity index (χ3n) is 10.6. The fourth-order valence-corrected chi connectivity index (χ4v) is 8.28. The van der Waals surface area contributed by atoms with Crippen molar-refractivity contribution in [1.29, 1.82) is 0 Å². The highest BCUT2D eigenvalue weighted by Crippen LogP contribution is 2.70. The predicted octanol–water partition coefficient (Wildman–Crippen LogP) is 3.10. The van der Waals surface area contributed by atoms with Gasteiger partial charge in [0.05, 0.1) is 11.5 Å². The highest BCUT2D eigenvalue weighted by atomic mass is 16.5. The topological polar surface area (TPSA) is 124 Å². The number of rotatable bonds is 4. The van der Waals surface area contributed by atoms with E-state index in [2.05, 4.69) is 0 Å². The molecule has 1 aromatic rings. The van der Waals surface area contributed by atoms with Crippen LogP contribution in [0.15, 0.2) is 48.1 Å². The summed E-state index contributed by atoms with van der Waals surface area (Å²) in [7, 11) is 0. The minimum absolute atomic E-state index is 0.00234. The summed E-state index contributed by atoms with van der Waals surface area (Å²) in [5.74, 6) is -1.65. The predicted molar refractivity (Wildman–Crippen MR) is 137 cm³/mol. The van der Waals surface area contributed by atoms with Gasteiger partial charge >= 0.3 is 5.97 Å². The summed E-state index contributed by atoms with van der Waals surface area (Å²) in [5.41, 5.74) is -5.76. The lowest BCUT2D eigenvalue weighted by molar-refractivity contribution is -0.314. The van der Waals surface area contributed by atoms with Crippen molar-refractivity contribution in [2.24, 2.45) is 16.7 Å². The van der Waals surface area contributed by atoms with E-state index in [9.17, 15) is 30.0 Å². The molecule has 0 aliphatic heterocycles. The lowest BCUT2D eigenvalue weighted by atomic mass is 9.42. The molecule has 0 amide bonds. The average Bonchev–Trinajstić information content (AvgIpc) is 3.10. The molecule has 0 bridgehead atoms. The van der Waals surface area contributed by atoms with E-state index in [0.717, 1.165) is 11.1 Å². The van der Waals surface area contributed by atoms with Gasteiger partial charge in [-0.3, -0.25) is 4.79 Å². The first-order valence-electron chi connectivity index (χ1n) is 13.3. The monoisotopic (exact) mass is 510 g/mol. The number of Topliss-reactive ketones (excluding diaryl/α,β-unsaturated/α-hetero) is 1. The van der Waals surface area contributed by atoms with E-state index in [1.165, 1.54) is 13.0 Å². The second-order valence-electron chi connectivity index (χ2n) is 12.1. The third kappa shape index (κ3) is 3.47. The van der Waals surface area contributed by atoms with Crippen LogP contribution in [0.2, 0.25) is 0 Å². The van der Waals surface area contributed by atoms with Crippen molar-refractivity contribution in [3.63, 3.8) is 0 Å². The highest BCUT2D eigenvalue weighted by Gasteiger charge is 2.81. The summed E-state index contributed by atoms with van der Waals surface area (Å²) in [6, 6.07) is 9.29. The molecule has 0 radical (unpaired) electrons. The Hall–Kier alpha value is -2.32. The van der Waals surface area contributed by atoms with Gasteiger partial charge in [0.2, 0.25) is 0 Å². The van der Waals surface area contributed by atoms with Crippen LogP contribution in [0, 0.1) is 16.7 Å². The molecule has 200 valence electrons. The zero-order valence-electron chi connectivity index (χ0n) is 21.8. The Labute approximate surface area is 217 Å². The second kappa shape index (κ2) is 8.60. The van der Waals surface area contributed by atoms with Gasteiger partial charge in [-0.1, -0.05) is 48.9 Å². The van der Waals surface area contributed by atoms with Crippen LogP contribution < -0.4 is 0 Å². The van der Waals surface area contributed by atoms with Gasteiger partial charge in [-0.2, -0.15) is 0 Å². The SMILES string of the molecule is CC(=O)[C@@]1(O)CC[C@@]2(O)[C@]1(C)[C@H](OC(=O)/C=C/c1ccccc1)C[C@@H]1[C@@]3(C)CC[C@H](O)CC3=CC[C@]12O. The molecule has 0 saturated heterocycles. The maximum absolute atomic E-state index is 13.1. The van der Waals surface area contributed by atoms with Gasteiger partial charge in [-0.05, 0) is 75.8 Å². The van der Waals surface area contributed by atoms with Crippen molar-refractivity contribution in [2.45, 2.75) is 94.7 Å². The van der Waals surface area contributed by atoms with Crippen LogP contribution >= 0.6 is 0 Å². The van der Waals surface area contributed by atoms with Crippen molar-refractivity contribution in [3.05, 3.63) is 53.6 Å². The summed E-state index contributed by atoms with van der Waals surface area (Å²) >= 11 is 0. The van der Waals surface area contributed by atoms with Gasteiger partial charge in [0.25, 0.3) is 0 Å². The summed E-state index contributed by atoms with van der Waals surface area (Å²) in [5, 5.41) is 46.8. The number of carbonyl (C=O) groups excluding carboxylic acids is 2. The van der Waals surface area contributed by atoms with Crippen molar-refractivity contribution < 1.29 is 34.8 Å². The molecular formula is C30H38O7. The fraction of sp³-hybridized carbons (Fsp3) is 0.600. The van der Waals surface area contributed by atoms with E-state index in [1.807, 2.05) is 43.3 Å². The second-order valence-corrected chi connectivity index (χ2v) is 12.1. The number of aliphatic hydroxyl groups excluding tert-OH is 1. The first kappa shape index (κ1) is 26.3. The van der Waals surface area contributed by atoms with E-state index >= 15 is 0 Å². The Bertz CT molecular complexity index is 1160. The molecule has 7 heteroatoms. The molecule has 3 saturated carbocycles. The molecule has 5 rings (SSSR count). The number of hydrogen-bond acceptors (Lipinski definition) is 7. The van der Waals surface area contributed by atoms with Gasteiger partial charge in [0, 0.05) is 12.0 Å². The number of benzene rings is 1. The third-order valence-corrected chi connectivity index (χ3v) is 10.6. The van der Waals surface area contributed by atoms with Crippen molar-refractivity contribution in [2.75, 3.05) is 0 Å². The van der Waals surface area contributed by atoms with Gasteiger partial charge in [0.15, 0.2) is 5.78 Å². The van der Waals surface area contributed by atoms with Gasteiger partial charge in [0.1, 0.15) is 22.9 Å². The van der Waals surface area contributed by atoms with E-state index in [4.69, 9.17) is 4.74 Å². The van der Waals surface area contributed by atoms with Crippen LogP contribution in [0.5, 0.6) is 0 Å². The largest absolute Gasteiger partial charge is 0.458 e. The van der Waals surface area contributed by atoms with Crippen LogP contribution in [0.25, 0.3) is 6.08 Å². The molecule has 37 heavy (non-hydrogen) atoms. The van der Waals surface area contributed by atoms with E-state index in [1.54, 1.807) is 13.0 Å². The number of ketones is 1. The Morgan fingerprint density at radius 1 is 1.05 bits per heavy atom. The lowest BCUT2D eigenvalue weighted by Crippen LogP contribution is -2.78. The molecule has 0 aromatic heterocycles. The van der Waals surface area contributed by atoms with E-state index < -0.39 is 57.5 Å². The molecule has 4 N–H and O–H groups in total. The number of esters is 1. The van der Waals surface area contributed by atoms with E-state index in [0.29, 0.717) is 19.3 Å². The standard InChI is InChI=1S/C30H38O7/c1-19(31)28(34)15-16-30(36)27(28,3)24(37-25(33)10-9-20-7-5-4-6-8-20)18-23-26(2)13-12-22(32)17-21(26)11-14-29(23,30)35/h4-11,22-24,32,34-36H,12-18H2,1-3H3/b10-9+/t22-,23+,24+,26-,27+,28-,29-,30+/m0/s1. The molecule has 7 nitrogen and oxygen atoms in total. The molecule has 4 aliphatic carbocycles. The number of hydrogen-bond donors (Lipinski definition) is 4. The summed E-state index contributed by atoms with van der Waals surface area (Å²) in [6.07, 6.45) is 5.37. The van der Waals surface area contributed by atoms with Crippen molar-refractivity contribution in [1.82, 2.24) is 0 Å². The van der Waals surface area contributed by atoms with Crippen LogP contribution in [0.1, 0.15) is 71.3 Å². The highest BCUT2D eigenvalue weighted by molar-refractivity contribution is 5.88. The molecular weight excluding hydrogens is 472 g/mol. The number of carbonyl (C=O) groups is 2. The Morgan fingerprint density at radius 3 is 2.43 bits per heavy atom. The van der Waals surface area contributed by atoms with Gasteiger partial charge in [-0.15, -0.1) is 0 Å². The quantitative estimate of drug-likeness (QED) is 0.279. The van der Waals surface area contributed by atoms with Crippen LogP contribution in [0.4, 0.5) is 0 Å². The first-order valence-corrected chi connectivity index (χ1v) is 13.3. The van der Waals surface area contributed by atoms with Gasteiger partial charge < -0.3 is 25.2 Å².